The van der Waals surface area contributed by atoms with Crippen molar-refractivity contribution >= 4 is 0 Å². The molecule has 0 rings (SSSR count). The Bertz CT molecular complexity index is 121. The van der Waals surface area contributed by atoms with Gasteiger partial charge in [-0.05, 0) is 25.7 Å². The monoisotopic (exact) mass is 214 g/mol. The van der Waals surface area contributed by atoms with Crippen molar-refractivity contribution in [1.29, 1.82) is 0 Å². The highest BCUT2D eigenvalue weighted by Crippen LogP contribution is 2.21. The first-order valence-electron chi connectivity index (χ1n) is 6.90. The fourth-order valence-electron chi connectivity index (χ4n) is 2.12. The van der Waals surface area contributed by atoms with Crippen LogP contribution in [0.5, 0.6) is 0 Å². The van der Waals surface area contributed by atoms with Crippen molar-refractivity contribution in [2.24, 2.45) is 5.92 Å². The number of hydrogen-bond acceptors (Lipinski definition) is 1. The molecule has 2 atom stereocenters. The maximum absolute atomic E-state index is 9.67. The Morgan fingerprint density at radius 1 is 0.800 bits per heavy atom. The largest absolute Gasteiger partial charge is 0.393 e. The summed E-state index contributed by atoms with van der Waals surface area (Å²) in [6, 6.07) is 0. The third kappa shape index (κ3) is 8.92. The molecule has 1 heteroatoms. The van der Waals surface area contributed by atoms with Crippen LogP contribution in [0.2, 0.25) is 0 Å². The average Bonchev–Trinajstić information content (AvgIpc) is 2.21. The second kappa shape index (κ2) is 10.5. The van der Waals surface area contributed by atoms with Gasteiger partial charge in [0.25, 0.3) is 0 Å². The van der Waals surface area contributed by atoms with E-state index in [-0.39, 0.29) is 6.10 Å². The van der Waals surface area contributed by atoms with Crippen molar-refractivity contribution in [2.75, 3.05) is 0 Å². The lowest BCUT2D eigenvalue weighted by molar-refractivity contribution is 0.111. The molecule has 0 heterocycles. The van der Waals surface area contributed by atoms with E-state index in [0.717, 1.165) is 0 Å². The van der Waals surface area contributed by atoms with Gasteiger partial charge in [-0.15, -0.1) is 0 Å². The van der Waals surface area contributed by atoms with Gasteiger partial charge >= 0.3 is 0 Å². The highest BCUT2D eigenvalue weighted by Gasteiger charge is 2.13. The maximum Gasteiger partial charge on any atom is 0.0540 e. The summed E-state index contributed by atoms with van der Waals surface area (Å²) in [5, 5.41) is 9.67. The summed E-state index contributed by atoms with van der Waals surface area (Å²) < 4.78 is 0. The molecule has 0 amide bonds. The molecule has 0 aromatic heterocycles. The minimum Gasteiger partial charge on any atom is -0.393 e. The number of unbranched alkanes of at least 4 members (excludes halogenated alkanes) is 5. The molecule has 0 bridgehead atoms. The molecule has 92 valence electrons. The van der Waals surface area contributed by atoms with Crippen LogP contribution in [-0.4, -0.2) is 11.2 Å². The van der Waals surface area contributed by atoms with Gasteiger partial charge in [-0.2, -0.15) is 0 Å². The van der Waals surface area contributed by atoms with E-state index in [9.17, 15) is 5.11 Å². The Morgan fingerprint density at radius 2 is 1.27 bits per heavy atom. The van der Waals surface area contributed by atoms with Crippen molar-refractivity contribution in [2.45, 2.75) is 84.7 Å². The van der Waals surface area contributed by atoms with Crippen LogP contribution in [0.4, 0.5) is 0 Å². The maximum atomic E-state index is 9.67. The van der Waals surface area contributed by atoms with Crippen LogP contribution < -0.4 is 0 Å². The molecule has 0 radical (unpaired) electrons. The molecule has 2 unspecified atom stereocenters. The molecule has 0 fully saturated rings. The third-order valence-corrected chi connectivity index (χ3v) is 3.29. The Hall–Kier alpha value is -0.0400. The second-order valence-electron chi connectivity index (χ2n) is 4.85. The summed E-state index contributed by atoms with van der Waals surface area (Å²) in [6.45, 7) is 6.43. The lowest BCUT2D eigenvalue weighted by atomic mass is 9.91. The van der Waals surface area contributed by atoms with Crippen LogP contribution in [0.15, 0.2) is 0 Å². The zero-order chi connectivity index (χ0) is 11.5. The molecule has 1 nitrogen and oxygen atoms in total. The lowest BCUT2D eigenvalue weighted by Crippen LogP contribution is -2.16. The van der Waals surface area contributed by atoms with Crippen LogP contribution in [0, 0.1) is 5.92 Å². The zero-order valence-corrected chi connectivity index (χ0v) is 11.0. The molecule has 0 aromatic rings. The Labute approximate surface area is 96.3 Å². The zero-order valence-electron chi connectivity index (χ0n) is 11.0. The van der Waals surface area contributed by atoms with E-state index in [2.05, 4.69) is 13.8 Å². The van der Waals surface area contributed by atoms with E-state index in [4.69, 9.17) is 0 Å². The fourth-order valence-corrected chi connectivity index (χ4v) is 2.12. The van der Waals surface area contributed by atoms with Crippen LogP contribution in [0.1, 0.15) is 78.6 Å². The molecule has 15 heavy (non-hydrogen) atoms. The number of rotatable bonds is 10. The van der Waals surface area contributed by atoms with Gasteiger partial charge in [-0.1, -0.05) is 58.8 Å². The summed E-state index contributed by atoms with van der Waals surface area (Å²) in [6.07, 6.45) is 11.5. The Morgan fingerprint density at radius 3 is 1.73 bits per heavy atom. The van der Waals surface area contributed by atoms with Crippen molar-refractivity contribution in [3.8, 4) is 0 Å². The molecule has 0 saturated carbocycles. The Kier molecular flexibility index (Phi) is 10.4. The SMILES string of the molecule is CCCCCCC(CCCCC)C(C)O. The molecular formula is C14H30O. The van der Waals surface area contributed by atoms with E-state index >= 15 is 0 Å². The average molecular weight is 214 g/mol. The van der Waals surface area contributed by atoms with Gasteiger partial charge in [0.1, 0.15) is 0 Å². The van der Waals surface area contributed by atoms with Crippen LogP contribution in [-0.2, 0) is 0 Å². The molecule has 0 aliphatic carbocycles. The summed E-state index contributed by atoms with van der Waals surface area (Å²) in [7, 11) is 0. The lowest BCUT2D eigenvalue weighted by Gasteiger charge is -2.19. The van der Waals surface area contributed by atoms with Crippen LogP contribution >= 0.6 is 0 Å². The summed E-state index contributed by atoms with van der Waals surface area (Å²) in [5.74, 6) is 0.549. The summed E-state index contributed by atoms with van der Waals surface area (Å²) in [5.41, 5.74) is 0. The van der Waals surface area contributed by atoms with E-state index in [1.807, 2.05) is 6.92 Å². The third-order valence-electron chi connectivity index (χ3n) is 3.29. The number of hydrogen-bond donors (Lipinski definition) is 1. The predicted molar refractivity (Wildman–Crippen MR) is 68.1 cm³/mol. The normalized spacial score (nSPS) is 15.2. The predicted octanol–water partition coefficient (Wildman–Crippen LogP) is 4.53. The quantitative estimate of drug-likeness (QED) is 0.530. The van der Waals surface area contributed by atoms with E-state index < -0.39 is 0 Å². The highest BCUT2D eigenvalue weighted by atomic mass is 16.3. The fraction of sp³-hybridized carbons (Fsp3) is 1.00. The minimum absolute atomic E-state index is 0.108. The van der Waals surface area contributed by atoms with Gasteiger partial charge in [-0.25, -0.2) is 0 Å². The first kappa shape index (κ1) is 15.0. The molecule has 0 spiro atoms. The Balaban J connectivity index is 3.54. The second-order valence-corrected chi connectivity index (χ2v) is 4.85. The summed E-state index contributed by atoms with van der Waals surface area (Å²) in [4.78, 5) is 0. The standard InChI is InChI=1S/C14H30O/c1-4-6-8-10-12-14(13(3)15)11-9-7-5-2/h13-15H,4-12H2,1-3H3. The van der Waals surface area contributed by atoms with Crippen molar-refractivity contribution < 1.29 is 5.11 Å². The van der Waals surface area contributed by atoms with Crippen molar-refractivity contribution in [3.63, 3.8) is 0 Å². The van der Waals surface area contributed by atoms with Gasteiger partial charge in [0, 0.05) is 0 Å². The topological polar surface area (TPSA) is 20.2 Å². The van der Waals surface area contributed by atoms with E-state index in [1.165, 1.54) is 57.8 Å². The van der Waals surface area contributed by atoms with E-state index in [1.54, 1.807) is 0 Å². The van der Waals surface area contributed by atoms with Crippen LogP contribution in [0.3, 0.4) is 0 Å². The minimum atomic E-state index is -0.108. The molecule has 1 N–H and O–H groups in total. The molecule has 0 aliphatic heterocycles. The molecule has 0 aromatic carbocycles. The van der Waals surface area contributed by atoms with Crippen molar-refractivity contribution in [1.82, 2.24) is 0 Å². The number of aliphatic hydroxyl groups is 1. The smallest absolute Gasteiger partial charge is 0.0540 e. The van der Waals surface area contributed by atoms with Gasteiger partial charge in [0.05, 0.1) is 6.10 Å². The first-order valence-corrected chi connectivity index (χ1v) is 6.90. The molecule has 0 saturated heterocycles. The van der Waals surface area contributed by atoms with Gasteiger partial charge in [-0.3, -0.25) is 0 Å². The molecule has 0 aliphatic rings. The van der Waals surface area contributed by atoms with Crippen LogP contribution in [0.25, 0.3) is 0 Å². The van der Waals surface area contributed by atoms with E-state index in [0.29, 0.717) is 5.92 Å². The van der Waals surface area contributed by atoms with Gasteiger partial charge < -0.3 is 5.11 Å². The van der Waals surface area contributed by atoms with Crippen molar-refractivity contribution in [3.05, 3.63) is 0 Å². The first-order chi connectivity index (χ1) is 7.22. The van der Waals surface area contributed by atoms with Gasteiger partial charge in [0.2, 0.25) is 0 Å². The molecular weight excluding hydrogens is 184 g/mol. The van der Waals surface area contributed by atoms with Gasteiger partial charge in [0.15, 0.2) is 0 Å². The highest BCUT2D eigenvalue weighted by molar-refractivity contribution is 4.65. The summed E-state index contributed by atoms with van der Waals surface area (Å²) >= 11 is 0. The number of aliphatic hydroxyl groups excluding tert-OH is 1.